The van der Waals surface area contributed by atoms with E-state index in [-0.39, 0.29) is 12.1 Å². The van der Waals surface area contributed by atoms with E-state index in [1.54, 1.807) is 0 Å². The fourth-order valence-electron chi connectivity index (χ4n) is 2.51. The van der Waals surface area contributed by atoms with Gasteiger partial charge in [0.2, 0.25) is 0 Å². The maximum Gasteiger partial charge on any atom is 0.161 e. The highest BCUT2D eigenvalue weighted by Gasteiger charge is 2.26. The van der Waals surface area contributed by atoms with Gasteiger partial charge in [-0.25, -0.2) is 13.2 Å². The van der Waals surface area contributed by atoms with Crippen molar-refractivity contribution in [1.82, 2.24) is 5.32 Å². The van der Waals surface area contributed by atoms with E-state index >= 15 is 0 Å². The molecule has 2 atom stereocenters. The molecule has 0 saturated heterocycles. The molecule has 1 aliphatic carbocycles. The van der Waals surface area contributed by atoms with Crippen molar-refractivity contribution in [2.24, 2.45) is 0 Å². The summed E-state index contributed by atoms with van der Waals surface area (Å²) in [4.78, 5) is 0. The first kappa shape index (κ1) is 14.7. The van der Waals surface area contributed by atoms with Crippen LogP contribution >= 0.6 is 11.8 Å². The lowest BCUT2D eigenvalue weighted by Gasteiger charge is -2.20. The summed E-state index contributed by atoms with van der Waals surface area (Å²) < 4.78 is 39.4. The molecular weight excluding hydrogens is 271 g/mol. The third-order valence-electron chi connectivity index (χ3n) is 3.48. The minimum atomic E-state index is -1.14. The van der Waals surface area contributed by atoms with Gasteiger partial charge in [0.05, 0.1) is 0 Å². The second-order valence-corrected chi connectivity index (χ2v) is 6.29. The minimum Gasteiger partial charge on any atom is -0.309 e. The van der Waals surface area contributed by atoms with Crippen molar-refractivity contribution in [3.8, 4) is 0 Å². The number of hydrogen-bond donors (Lipinski definition) is 1. The Balaban J connectivity index is 1.97. The largest absolute Gasteiger partial charge is 0.309 e. The van der Waals surface area contributed by atoms with E-state index in [1.807, 2.05) is 11.8 Å². The highest BCUT2D eigenvalue weighted by Crippen LogP contribution is 2.30. The maximum atomic E-state index is 13.5. The number of rotatable bonds is 5. The van der Waals surface area contributed by atoms with Crippen LogP contribution < -0.4 is 5.32 Å². The van der Waals surface area contributed by atoms with E-state index in [0.29, 0.717) is 17.4 Å². The highest BCUT2D eigenvalue weighted by molar-refractivity contribution is 7.99. The number of benzene rings is 1. The maximum absolute atomic E-state index is 13.5. The Morgan fingerprint density at radius 2 is 1.89 bits per heavy atom. The van der Waals surface area contributed by atoms with E-state index in [9.17, 15) is 13.2 Å². The van der Waals surface area contributed by atoms with Crippen LogP contribution in [0.3, 0.4) is 0 Å². The Kier molecular flexibility index (Phi) is 5.16. The van der Waals surface area contributed by atoms with E-state index in [4.69, 9.17) is 0 Å². The number of hydrogen-bond acceptors (Lipinski definition) is 2. The lowest BCUT2D eigenvalue weighted by atomic mass is 10.1. The van der Waals surface area contributed by atoms with Gasteiger partial charge < -0.3 is 5.32 Å². The summed E-state index contributed by atoms with van der Waals surface area (Å²) in [5, 5.41) is 3.81. The van der Waals surface area contributed by atoms with Gasteiger partial charge in [-0.2, -0.15) is 11.8 Å². The molecule has 1 saturated carbocycles. The van der Waals surface area contributed by atoms with Gasteiger partial charge in [-0.15, -0.1) is 0 Å². The van der Waals surface area contributed by atoms with Gasteiger partial charge in [0.25, 0.3) is 0 Å². The average Bonchev–Trinajstić information content (AvgIpc) is 2.80. The third kappa shape index (κ3) is 3.66. The zero-order valence-corrected chi connectivity index (χ0v) is 11.7. The molecule has 1 aliphatic rings. The highest BCUT2D eigenvalue weighted by atomic mass is 32.2. The molecule has 1 aromatic carbocycles. The van der Waals surface area contributed by atoms with E-state index in [0.717, 1.165) is 31.1 Å². The van der Waals surface area contributed by atoms with Crippen molar-refractivity contribution < 1.29 is 13.2 Å². The van der Waals surface area contributed by atoms with Gasteiger partial charge in [-0.1, -0.05) is 13.3 Å². The fraction of sp³-hybridized carbons (Fsp3) is 0.571. The lowest BCUT2D eigenvalue weighted by Crippen LogP contribution is -2.34. The molecule has 19 heavy (non-hydrogen) atoms. The van der Waals surface area contributed by atoms with Crippen molar-refractivity contribution in [2.75, 3.05) is 5.75 Å². The van der Waals surface area contributed by atoms with Gasteiger partial charge in [-0.05, 0) is 24.7 Å². The predicted octanol–water partition coefficient (Wildman–Crippen LogP) is 3.87. The smallest absolute Gasteiger partial charge is 0.161 e. The third-order valence-corrected chi connectivity index (χ3v) is 4.80. The Morgan fingerprint density at radius 1 is 1.16 bits per heavy atom. The Morgan fingerprint density at radius 3 is 2.63 bits per heavy atom. The van der Waals surface area contributed by atoms with Crippen LogP contribution in [0.2, 0.25) is 0 Å². The fourth-order valence-corrected chi connectivity index (χ4v) is 3.74. The number of thioether (sulfide) groups is 1. The summed E-state index contributed by atoms with van der Waals surface area (Å²) in [6, 6.07) is 1.88. The molecule has 0 spiro atoms. The molecule has 0 amide bonds. The van der Waals surface area contributed by atoms with Gasteiger partial charge in [0, 0.05) is 29.5 Å². The van der Waals surface area contributed by atoms with Crippen LogP contribution in [0.1, 0.15) is 31.7 Å². The summed E-state index contributed by atoms with van der Waals surface area (Å²) in [5.74, 6) is -1.77. The van der Waals surface area contributed by atoms with Gasteiger partial charge in [-0.3, -0.25) is 0 Å². The molecule has 2 rings (SSSR count). The van der Waals surface area contributed by atoms with E-state index < -0.39 is 17.5 Å². The van der Waals surface area contributed by atoms with Crippen molar-refractivity contribution in [3.63, 3.8) is 0 Å². The second kappa shape index (κ2) is 6.66. The summed E-state index contributed by atoms with van der Waals surface area (Å²) in [5.41, 5.74) is 0.186. The summed E-state index contributed by atoms with van der Waals surface area (Å²) >= 11 is 1.90. The van der Waals surface area contributed by atoms with Crippen LogP contribution in [0, 0.1) is 17.5 Å². The molecule has 0 bridgehead atoms. The zero-order chi connectivity index (χ0) is 13.8. The first-order valence-electron chi connectivity index (χ1n) is 6.60. The standard InChI is InChI=1S/C14H18F3NS/c1-2-19-14-5-3-4-13(14)18-8-9-6-11(16)12(17)7-10(9)15/h6-7,13-14,18H,2-5,8H2,1H3. The second-order valence-electron chi connectivity index (χ2n) is 4.77. The van der Waals surface area contributed by atoms with Gasteiger partial charge in [0.15, 0.2) is 11.6 Å². The molecule has 2 unspecified atom stereocenters. The molecule has 0 aromatic heterocycles. The van der Waals surface area contributed by atoms with Crippen molar-refractivity contribution >= 4 is 11.8 Å². The molecule has 0 heterocycles. The summed E-state index contributed by atoms with van der Waals surface area (Å²) in [6.45, 7) is 2.36. The number of nitrogens with one attached hydrogen (secondary N) is 1. The molecule has 0 radical (unpaired) electrons. The first-order valence-corrected chi connectivity index (χ1v) is 7.65. The van der Waals surface area contributed by atoms with Crippen LogP contribution in [-0.2, 0) is 6.54 Å². The van der Waals surface area contributed by atoms with Gasteiger partial charge >= 0.3 is 0 Å². The lowest BCUT2D eigenvalue weighted by molar-refractivity contribution is 0.477. The van der Waals surface area contributed by atoms with Crippen LogP contribution in [-0.4, -0.2) is 17.0 Å². The summed E-state index contributed by atoms with van der Waals surface area (Å²) in [7, 11) is 0. The number of halogens is 3. The van der Waals surface area contributed by atoms with Crippen molar-refractivity contribution in [1.29, 1.82) is 0 Å². The first-order chi connectivity index (χ1) is 9.11. The molecule has 0 aliphatic heterocycles. The molecular formula is C14H18F3NS. The topological polar surface area (TPSA) is 12.0 Å². The van der Waals surface area contributed by atoms with E-state index in [2.05, 4.69) is 12.2 Å². The van der Waals surface area contributed by atoms with Crippen LogP contribution in [0.4, 0.5) is 13.2 Å². The summed E-state index contributed by atoms with van der Waals surface area (Å²) in [6.07, 6.45) is 3.38. The SMILES string of the molecule is CCSC1CCCC1NCc1cc(F)c(F)cc1F. The monoisotopic (exact) mass is 289 g/mol. The normalized spacial score (nSPS) is 22.9. The Labute approximate surface area is 116 Å². The van der Waals surface area contributed by atoms with Crippen molar-refractivity contribution in [3.05, 3.63) is 35.1 Å². The average molecular weight is 289 g/mol. The minimum absolute atomic E-state index is 0.186. The van der Waals surface area contributed by atoms with Crippen LogP contribution in [0.15, 0.2) is 12.1 Å². The quantitative estimate of drug-likeness (QED) is 0.826. The zero-order valence-electron chi connectivity index (χ0n) is 10.9. The molecule has 1 nitrogen and oxygen atoms in total. The van der Waals surface area contributed by atoms with Crippen LogP contribution in [0.25, 0.3) is 0 Å². The molecule has 1 fully saturated rings. The van der Waals surface area contributed by atoms with Crippen molar-refractivity contribution in [2.45, 2.75) is 44.0 Å². The molecule has 1 aromatic rings. The molecule has 106 valence electrons. The van der Waals surface area contributed by atoms with Crippen LogP contribution in [0.5, 0.6) is 0 Å². The molecule has 5 heteroatoms. The molecule has 1 N–H and O–H groups in total. The predicted molar refractivity (Wildman–Crippen MR) is 72.7 cm³/mol. The Hall–Kier alpha value is -0.680. The van der Waals surface area contributed by atoms with E-state index in [1.165, 1.54) is 0 Å². The van der Waals surface area contributed by atoms with Gasteiger partial charge in [0.1, 0.15) is 5.82 Å². The Bertz CT molecular complexity index is 439.